The number of hydrogen-bond donors (Lipinski definition) is 2. The third-order valence-electron chi connectivity index (χ3n) is 4.80. The van der Waals surface area contributed by atoms with Gasteiger partial charge in [0.25, 0.3) is 0 Å². The van der Waals surface area contributed by atoms with Crippen molar-refractivity contribution in [1.82, 2.24) is 5.32 Å². The summed E-state index contributed by atoms with van der Waals surface area (Å²) in [5.74, 6) is 0.579. The van der Waals surface area contributed by atoms with Crippen LogP contribution in [0.5, 0.6) is 0 Å². The Morgan fingerprint density at radius 2 is 2.19 bits per heavy atom. The van der Waals surface area contributed by atoms with E-state index in [1.54, 1.807) is 0 Å². The molecule has 1 aliphatic heterocycles. The Morgan fingerprint density at radius 1 is 1.43 bits per heavy atom. The van der Waals surface area contributed by atoms with Gasteiger partial charge in [0.1, 0.15) is 0 Å². The van der Waals surface area contributed by atoms with Crippen LogP contribution in [0.25, 0.3) is 0 Å². The van der Waals surface area contributed by atoms with Gasteiger partial charge in [-0.15, -0.1) is 0 Å². The minimum Gasteiger partial charge on any atom is -0.325 e. The van der Waals surface area contributed by atoms with E-state index in [2.05, 4.69) is 56.5 Å². The van der Waals surface area contributed by atoms with E-state index in [4.69, 9.17) is 0 Å². The third kappa shape index (κ3) is 3.29. The Bertz CT molecular complexity index is 502. The van der Waals surface area contributed by atoms with Crippen LogP contribution >= 0.6 is 0 Å². The van der Waals surface area contributed by atoms with Crippen LogP contribution in [0.4, 0.5) is 5.69 Å². The van der Waals surface area contributed by atoms with Gasteiger partial charge in [-0.1, -0.05) is 39.0 Å². The second-order valence-corrected chi connectivity index (χ2v) is 6.56. The highest BCUT2D eigenvalue weighted by Crippen LogP contribution is 2.34. The molecular formula is C18H28N2O. The summed E-state index contributed by atoms with van der Waals surface area (Å²) in [6.45, 7) is 10.3. The van der Waals surface area contributed by atoms with Crippen LogP contribution in [0.15, 0.2) is 18.2 Å². The molecule has 0 aromatic heterocycles. The molecule has 0 aliphatic carbocycles. The van der Waals surface area contributed by atoms with Crippen molar-refractivity contribution in [2.45, 2.75) is 52.9 Å². The summed E-state index contributed by atoms with van der Waals surface area (Å²) in [4.78, 5) is 12.9. The highest BCUT2D eigenvalue weighted by molar-refractivity contribution is 5.97. The largest absolute Gasteiger partial charge is 0.325 e. The molecule has 2 N–H and O–H groups in total. The van der Waals surface area contributed by atoms with Crippen molar-refractivity contribution in [2.75, 3.05) is 18.4 Å². The summed E-state index contributed by atoms with van der Waals surface area (Å²) in [7, 11) is 0. The predicted octanol–water partition coefficient (Wildman–Crippen LogP) is 3.84. The normalized spacial score (nSPS) is 22.3. The lowest BCUT2D eigenvalue weighted by Crippen LogP contribution is -2.47. The van der Waals surface area contributed by atoms with Crippen LogP contribution in [-0.4, -0.2) is 19.0 Å². The van der Waals surface area contributed by atoms with Crippen molar-refractivity contribution in [1.29, 1.82) is 0 Å². The van der Waals surface area contributed by atoms with Gasteiger partial charge in [0.15, 0.2) is 0 Å². The van der Waals surface area contributed by atoms with E-state index in [1.807, 2.05) is 0 Å². The van der Waals surface area contributed by atoms with Crippen LogP contribution in [0, 0.1) is 12.3 Å². The van der Waals surface area contributed by atoms with E-state index in [0.29, 0.717) is 5.92 Å². The van der Waals surface area contributed by atoms with Crippen LogP contribution in [0.3, 0.4) is 0 Å². The summed E-state index contributed by atoms with van der Waals surface area (Å²) < 4.78 is 0. The monoisotopic (exact) mass is 288 g/mol. The first-order chi connectivity index (χ1) is 10.00. The third-order valence-corrected chi connectivity index (χ3v) is 4.80. The first kappa shape index (κ1) is 16.0. The molecule has 1 unspecified atom stereocenters. The molecular weight excluding hydrogens is 260 g/mol. The molecule has 1 fully saturated rings. The number of amides is 1. The van der Waals surface area contributed by atoms with Gasteiger partial charge < -0.3 is 10.6 Å². The van der Waals surface area contributed by atoms with Crippen molar-refractivity contribution in [2.24, 2.45) is 5.41 Å². The van der Waals surface area contributed by atoms with Crippen molar-refractivity contribution >= 4 is 11.6 Å². The van der Waals surface area contributed by atoms with Gasteiger partial charge in [-0.3, -0.25) is 4.79 Å². The zero-order valence-corrected chi connectivity index (χ0v) is 13.8. The second kappa shape index (κ2) is 6.61. The maximum absolute atomic E-state index is 12.9. The first-order valence-electron chi connectivity index (χ1n) is 8.12. The Balaban J connectivity index is 2.27. The average Bonchev–Trinajstić information content (AvgIpc) is 2.49. The van der Waals surface area contributed by atoms with Gasteiger partial charge in [0, 0.05) is 12.2 Å². The van der Waals surface area contributed by atoms with Crippen molar-refractivity contribution in [3.8, 4) is 0 Å². The van der Waals surface area contributed by atoms with E-state index >= 15 is 0 Å². The van der Waals surface area contributed by atoms with Gasteiger partial charge in [-0.25, -0.2) is 0 Å². The van der Waals surface area contributed by atoms with Crippen molar-refractivity contribution < 1.29 is 4.79 Å². The molecule has 116 valence electrons. The Hall–Kier alpha value is -1.35. The zero-order valence-electron chi connectivity index (χ0n) is 13.8. The Kier molecular flexibility index (Phi) is 5.04. The summed E-state index contributed by atoms with van der Waals surface area (Å²) in [5.41, 5.74) is 3.12. The number of hydrogen-bond acceptors (Lipinski definition) is 2. The second-order valence-electron chi connectivity index (χ2n) is 6.56. The van der Waals surface area contributed by atoms with E-state index in [-0.39, 0.29) is 11.3 Å². The number of benzene rings is 1. The van der Waals surface area contributed by atoms with Crippen LogP contribution in [0.1, 0.15) is 57.1 Å². The number of carbonyl (C=O) groups is 1. The first-order valence-corrected chi connectivity index (χ1v) is 8.12. The topological polar surface area (TPSA) is 41.1 Å². The number of para-hydroxylation sites is 1. The smallest absolute Gasteiger partial charge is 0.231 e. The standard InChI is InChI=1S/C18H28N2O/c1-5-18(10-7-11-19-12-18)17(21)20-16-14(4)8-6-9-15(16)13(2)3/h6,8-9,13,19H,5,7,10-12H2,1-4H3,(H,20,21). The van der Waals surface area contributed by atoms with Gasteiger partial charge in [-0.05, 0) is 49.8 Å². The SMILES string of the molecule is CCC1(C(=O)Nc2c(C)cccc2C(C)C)CCCNC1. The average molecular weight is 288 g/mol. The van der Waals surface area contributed by atoms with Crippen LogP contribution < -0.4 is 10.6 Å². The molecule has 21 heavy (non-hydrogen) atoms. The van der Waals surface area contributed by atoms with E-state index in [0.717, 1.165) is 43.6 Å². The van der Waals surface area contributed by atoms with E-state index in [9.17, 15) is 4.79 Å². The highest BCUT2D eigenvalue weighted by atomic mass is 16.2. The van der Waals surface area contributed by atoms with Gasteiger partial charge in [-0.2, -0.15) is 0 Å². The molecule has 1 aliphatic rings. The number of aryl methyl sites for hydroxylation is 1. The number of anilines is 1. The van der Waals surface area contributed by atoms with Gasteiger partial charge >= 0.3 is 0 Å². The molecule has 0 saturated carbocycles. The summed E-state index contributed by atoms with van der Waals surface area (Å²) in [5, 5.41) is 6.63. The van der Waals surface area contributed by atoms with E-state index in [1.165, 1.54) is 5.56 Å². The van der Waals surface area contributed by atoms with Gasteiger partial charge in [0.05, 0.1) is 5.41 Å². The zero-order chi connectivity index (χ0) is 15.5. The number of rotatable bonds is 4. The molecule has 3 nitrogen and oxygen atoms in total. The lowest BCUT2D eigenvalue weighted by atomic mass is 9.77. The molecule has 0 radical (unpaired) electrons. The molecule has 0 spiro atoms. The Morgan fingerprint density at radius 3 is 2.76 bits per heavy atom. The molecule has 1 atom stereocenters. The molecule has 1 aromatic rings. The van der Waals surface area contributed by atoms with Crippen LogP contribution in [-0.2, 0) is 4.79 Å². The number of carbonyl (C=O) groups excluding carboxylic acids is 1. The van der Waals surface area contributed by atoms with Crippen molar-refractivity contribution in [3.05, 3.63) is 29.3 Å². The van der Waals surface area contributed by atoms with Crippen LogP contribution in [0.2, 0.25) is 0 Å². The summed E-state index contributed by atoms with van der Waals surface area (Å²) in [6.07, 6.45) is 2.94. The fourth-order valence-electron chi connectivity index (χ4n) is 3.21. The summed E-state index contributed by atoms with van der Waals surface area (Å²) >= 11 is 0. The minimum absolute atomic E-state index is 0.174. The molecule has 1 aromatic carbocycles. The van der Waals surface area contributed by atoms with Crippen molar-refractivity contribution in [3.63, 3.8) is 0 Å². The summed E-state index contributed by atoms with van der Waals surface area (Å²) in [6, 6.07) is 6.25. The Labute approximate surface area is 128 Å². The lowest BCUT2D eigenvalue weighted by Gasteiger charge is -2.36. The number of nitrogens with one attached hydrogen (secondary N) is 2. The molecule has 1 saturated heterocycles. The number of piperidine rings is 1. The molecule has 1 heterocycles. The minimum atomic E-state index is -0.255. The lowest BCUT2D eigenvalue weighted by molar-refractivity contribution is -0.126. The fraction of sp³-hybridized carbons (Fsp3) is 0.611. The highest BCUT2D eigenvalue weighted by Gasteiger charge is 2.38. The molecule has 0 bridgehead atoms. The molecule has 2 rings (SSSR count). The quantitative estimate of drug-likeness (QED) is 0.884. The molecule has 3 heteroatoms. The van der Waals surface area contributed by atoms with Gasteiger partial charge in [0.2, 0.25) is 5.91 Å². The van der Waals surface area contributed by atoms with E-state index < -0.39 is 0 Å². The maximum Gasteiger partial charge on any atom is 0.231 e. The fourth-order valence-corrected chi connectivity index (χ4v) is 3.21. The maximum atomic E-state index is 12.9. The predicted molar refractivity (Wildman–Crippen MR) is 88.7 cm³/mol. The molecule has 1 amide bonds.